The highest BCUT2D eigenvalue weighted by Gasteiger charge is 2.36. The Morgan fingerprint density at radius 3 is 2.71 bits per heavy atom. The third-order valence-electron chi connectivity index (χ3n) is 4.11. The van der Waals surface area contributed by atoms with Crippen LogP contribution in [0.4, 0.5) is 0 Å². The predicted octanol–water partition coefficient (Wildman–Crippen LogP) is 0.562. The predicted molar refractivity (Wildman–Crippen MR) is 75.3 cm³/mol. The minimum absolute atomic E-state index is 0.0680. The van der Waals surface area contributed by atoms with Crippen LogP contribution in [0.3, 0.4) is 0 Å². The molecule has 0 aromatic carbocycles. The van der Waals surface area contributed by atoms with E-state index in [0.717, 1.165) is 18.6 Å². The van der Waals surface area contributed by atoms with Gasteiger partial charge in [0.25, 0.3) is 5.91 Å². The van der Waals surface area contributed by atoms with Gasteiger partial charge < -0.3 is 9.84 Å². The van der Waals surface area contributed by atoms with E-state index >= 15 is 0 Å². The Morgan fingerprint density at radius 2 is 2.14 bits per heavy atom. The summed E-state index contributed by atoms with van der Waals surface area (Å²) in [5.74, 6) is 0.930. The number of amides is 1. The summed E-state index contributed by atoms with van der Waals surface area (Å²) in [6.45, 7) is 2.66. The van der Waals surface area contributed by atoms with E-state index < -0.39 is 10.0 Å². The molecule has 116 valence electrons. The van der Waals surface area contributed by atoms with Crippen LogP contribution in [-0.2, 0) is 10.0 Å². The van der Waals surface area contributed by atoms with Crippen LogP contribution in [0.1, 0.15) is 41.9 Å². The van der Waals surface area contributed by atoms with E-state index in [1.807, 2.05) is 6.92 Å². The van der Waals surface area contributed by atoms with Crippen molar-refractivity contribution in [2.45, 2.75) is 31.7 Å². The van der Waals surface area contributed by atoms with E-state index in [1.54, 1.807) is 6.07 Å². The molecule has 8 heteroatoms. The summed E-state index contributed by atoms with van der Waals surface area (Å²) in [4.78, 5) is 12.2. The van der Waals surface area contributed by atoms with Crippen molar-refractivity contribution < 1.29 is 17.7 Å². The molecule has 1 aromatic rings. The monoisotopic (exact) mass is 313 g/mol. The molecule has 0 bridgehead atoms. The lowest BCUT2D eigenvalue weighted by Crippen LogP contribution is -2.40. The standard InChI is InChI=1S/C13H19N3O4S/c1-8-6-16(21(2,18)19)7-11(8)14-13(17)10-5-12(20-15-10)9-3-4-9/h5,8-9,11H,3-4,6-7H2,1-2H3,(H,14,17)/t8?,11-/m1/s1. The zero-order chi connectivity index (χ0) is 15.2. The van der Waals surface area contributed by atoms with Crippen LogP contribution in [0.5, 0.6) is 0 Å². The Kier molecular flexibility index (Phi) is 3.53. The van der Waals surface area contributed by atoms with E-state index in [-0.39, 0.29) is 23.6 Å². The molecule has 1 saturated heterocycles. The molecule has 1 aliphatic carbocycles. The maximum atomic E-state index is 12.2. The van der Waals surface area contributed by atoms with Crippen molar-refractivity contribution in [2.75, 3.05) is 19.3 Å². The number of hydrogen-bond acceptors (Lipinski definition) is 5. The molecular weight excluding hydrogens is 294 g/mol. The number of carbonyl (C=O) groups is 1. The maximum absolute atomic E-state index is 12.2. The SMILES string of the molecule is CC1CN(S(C)(=O)=O)C[C@H]1NC(=O)c1cc(C2CC2)on1. The summed E-state index contributed by atoms with van der Waals surface area (Å²) < 4.78 is 29.7. The molecule has 1 unspecified atom stereocenters. The molecule has 1 aliphatic heterocycles. The first-order chi connectivity index (χ1) is 9.84. The van der Waals surface area contributed by atoms with Crippen LogP contribution in [0.25, 0.3) is 0 Å². The van der Waals surface area contributed by atoms with Gasteiger partial charge >= 0.3 is 0 Å². The number of rotatable bonds is 4. The largest absolute Gasteiger partial charge is 0.360 e. The molecule has 1 amide bonds. The average Bonchev–Trinajstić information content (AvgIpc) is 3.00. The molecule has 2 aliphatic rings. The van der Waals surface area contributed by atoms with Gasteiger partial charge in [-0.3, -0.25) is 4.79 Å². The van der Waals surface area contributed by atoms with E-state index in [0.29, 0.717) is 19.0 Å². The van der Waals surface area contributed by atoms with Crippen LogP contribution >= 0.6 is 0 Å². The lowest BCUT2D eigenvalue weighted by Gasteiger charge is -2.15. The topological polar surface area (TPSA) is 92.5 Å². The Labute approximate surface area is 123 Å². The first kappa shape index (κ1) is 14.5. The number of nitrogens with one attached hydrogen (secondary N) is 1. The van der Waals surface area contributed by atoms with Crippen LogP contribution < -0.4 is 5.32 Å². The molecule has 2 fully saturated rings. The second kappa shape index (κ2) is 5.10. The van der Waals surface area contributed by atoms with Crippen molar-refractivity contribution in [3.05, 3.63) is 17.5 Å². The molecule has 3 rings (SSSR count). The highest BCUT2D eigenvalue weighted by Crippen LogP contribution is 2.40. The molecular formula is C13H19N3O4S. The van der Waals surface area contributed by atoms with E-state index in [9.17, 15) is 13.2 Å². The lowest BCUT2D eigenvalue weighted by atomic mass is 10.1. The minimum atomic E-state index is -3.22. The molecule has 1 saturated carbocycles. The number of nitrogens with zero attached hydrogens (tertiary/aromatic N) is 2. The van der Waals surface area contributed by atoms with Gasteiger partial charge in [0.15, 0.2) is 5.69 Å². The molecule has 21 heavy (non-hydrogen) atoms. The fourth-order valence-corrected chi connectivity index (χ4v) is 3.52. The van der Waals surface area contributed by atoms with Crippen LogP contribution in [0.15, 0.2) is 10.6 Å². The van der Waals surface area contributed by atoms with Crippen LogP contribution in [0, 0.1) is 5.92 Å². The lowest BCUT2D eigenvalue weighted by molar-refractivity contribution is 0.0923. The highest BCUT2D eigenvalue weighted by atomic mass is 32.2. The summed E-state index contributed by atoms with van der Waals surface area (Å²) in [5.41, 5.74) is 0.266. The number of hydrogen-bond donors (Lipinski definition) is 1. The zero-order valence-electron chi connectivity index (χ0n) is 12.1. The van der Waals surface area contributed by atoms with Crippen LogP contribution in [0.2, 0.25) is 0 Å². The first-order valence-electron chi connectivity index (χ1n) is 7.07. The summed E-state index contributed by atoms with van der Waals surface area (Å²) in [6.07, 6.45) is 3.35. The van der Waals surface area contributed by atoms with Gasteiger partial charge in [0, 0.05) is 31.1 Å². The van der Waals surface area contributed by atoms with Gasteiger partial charge in [-0.05, 0) is 18.8 Å². The fraction of sp³-hybridized carbons (Fsp3) is 0.692. The highest BCUT2D eigenvalue weighted by molar-refractivity contribution is 7.88. The number of carbonyl (C=O) groups excluding carboxylic acids is 1. The normalized spacial score (nSPS) is 27.0. The molecule has 2 heterocycles. The minimum Gasteiger partial charge on any atom is -0.360 e. The second-order valence-corrected chi connectivity index (χ2v) is 8.01. The molecule has 1 N–H and O–H groups in total. The maximum Gasteiger partial charge on any atom is 0.273 e. The average molecular weight is 313 g/mol. The Hall–Kier alpha value is -1.41. The quantitative estimate of drug-likeness (QED) is 0.877. The Morgan fingerprint density at radius 1 is 1.43 bits per heavy atom. The first-order valence-corrected chi connectivity index (χ1v) is 8.92. The van der Waals surface area contributed by atoms with Gasteiger partial charge in [0.1, 0.15) is 5.76 Å². The molecule has 1 aromatic heterocycles. The van der Waals surface area contributed by atoms with Gasteiger partial charge in [-0.2, -0.15) is 4.31 Å². The fourth-order valence-electron chi connectivity index (χ4n) is 2.58. The third-order valence-corrected chi connectivity index (χ3v) is 5.34. The van der Waals surface area contributed by atoms with Crippen molar-refractivity contribution in [3.63, 3.8) is 0 Å². The number of aromatic nitrogens is 1. The summed E-state index contributed by atoms with van der Waals surface area (Å²) >= 11 is 0. The zero-order valence-corrected chi connectivity index (χ0v) is 12.9. The van der Waals surface area contributed by atoms with Gasteiger partial charge in [0.05, 0.1) is 6.26 Å². The van der Waals surface area contributed by atoms with E-state index in [2.05, 4.69) is 10.5 Å². The van der Waals surface area contributed by atoms with Crippen molar-refractivity contribution in [1.82, 2.24) is 14.8 Å². The van der Waals surface area contributed by atoms with Crippen molar-refractivity contribution >= 4 is 15.9 Å². The third kappa shape index (κ3) is 3.11. The molecule has 0 spiro atoms. The summed E-state index contributed by atoms with van der Waals surface area (Å²) in [7, 11) is -3.22. The summed E-state index contributed by atoms with van der Waals surface area (Å²) in [6, 6.07) is 1.48. The van der Waals surface area contributed by atoms with Gasteiger partial charge in [0.2, 0.25) is 10.0 Å². The molecule has 2 atom stereocenters. The second-order valence-electron chi connectivity index (χ2n) is 6.03. The molecule has 7 nitrogen and oxygen atoms in total. The van der Waals surface area contributed by atoms with Gasteiger partial charge in [-0.15, -0.1) is 0 Å². The summed E-state index contributed by atoms with van der Waals surface area (Å²) in [5, 5.41) is 6.65. The van der Waals surface area contributed by atoms with Gasteiger partial charge in [-0.1, -0.05) is 12.1 Å². The smallest absolute Gasteiger partial charge is 0.273 e. The molecule has 0 radical (unpaired) electrons. The van der Waals surface area contributed by atoms with Crippen molar-refractivity contribution in [3.8, 4) is 0 Å². The van der Waals surface area contributed by atoms with Gasteiger partial charge in [-0.25, -0.2) is 8.42 Å². The Bertz CT molecular complexity index is 650. The van der Waals surface area contributed by atoms with Crippen molar-refractivity contribution in [1.29, 1.82) is 0 Å². The van der Waals surface area contributed by atoms with Crippen molar-refractivity contribution in [2.24, 2.45) is 5.92 Å². The Balaban J connectivity index is 1.64. The van der Waals surface area contributed by atoms with Crippen LogP contribution in [-0.4, -0.2) is 49.2 Å². The number of sulfonamides is 1. The van der Waals surface area contributed by atoms with E-state index in [1.165, 1.54) is 10.6 Å². The van der Waals surface area contributed by atoms with E-state index in [4.69, 9.17) is 4.52 Å².